The first-order valence-corrected chi connectivity index (χ1v) is 10.7. The molecule has 1 aromatic heterocycles. The molecule has 0 bridgehead atoms. The maximum atomic E-state index is 12.3. The van der Waals surface area contributed by atoms with Gasteiger partial charge in [0, 0.05) is 17.4 Å². The van der Waals surface area contributed by atoms with Crippen LogP contribution in [-0.4, -0.2) is 26.4 Å². The predicted molar refractivity (Wildman–Crippen MR) is 118 cm³/mol. The number of hydrogen-bond donors (Lipinski definition) is 1. The van der Waals surface area contributed by atoms with Gasteiger partial charge in [0.2, 0.25) is 5.91 Å². The van der Waals surface area contributed by atoms with Crippen molar-refractivity contribution in [1.82, 2.24) is 14.8 Å². The number of carbonyl (C=O) groups excluding carboxylic acids is 1. The van der Waals surface area contributed by atoms with Crippen LogP contribution in [0.3, 0.4) is 0 Å². The fourth-order valence-electron chi connectivity index (χ4n) is 2.55. The molecule has 0 aliphatic carbocycles. The van der Waals surface area contributed by atoms with E-state index < -0.39 is 0 Å². The average molecular weight is 478 g/mol. The Morgan fingerprint density at radius 1 is 1.25 bits per heavy atom. The Balaban J connectivity index is 1.66. The molecule has 0 saturated heterocycles. The molecule has 0 spiro atoms. The third-order valence-corrected chi connectivity index (χ3v) is 5.62. The zero-order valence-electron chi connectivity index (χ0n) is 14.9. The van der Waals surface area contributed by atoms with E-state index in [1.807, 2.05) is 28.8 Å². The summed E-state index contributed by atoms with van der Waals surface area (Å²) in [6.07, 6.45) is 2.46. The van der Waals surface area contributed by atoms with Gasteiger partial charge in [-0.2, -0.15) is 0 Å². The normalized spacial score (nSPS) is 10.6. The van der Waals surface area contributed by atoms with Gasteiger partial charge in [0.15, 0.2) is 5.16 Å². The van der Waals surface area contributed by atoms with Crippen molar-refractivity contribution in [3.63, 3.8) is 0 Å². The SMILES string of the molecule is C=CCn1c(Cc2ccccc2)nnc1SCC(=O)Nc1ccc(Br)cc1Cl. The number of halogens is 2. The monoisotopic (exact) mass is 476 g/mol. The number of rotatable bonds is 8. The Kier molecular flexibility index (Phi) is 7.30. The Labute approximate surface area is 181 Å². The molecule has 0 atom stereocenters. The van der Waals surface area contributed by atoms with Gasteiger partial charge in [0.25, 0.3) is 0 Å². The van der Waals surface area contributed by atoms with Gasteiger partial charge < -0.3 is 9.88 Å². The number of anilines is 1. The van der Waals surface area contributed by atoms with Gasteiger partial charge in [0.05, 0.1) is 16.5 Å². The highest BCUT2D eigenvalue weighted by Gasteiger charge is 2.14. The minimum Gasteiger partial charge on any atom is -0.324 e. The van der Waals surface area contributed by atoms with Crippen LogP contribution in [0, 0.1) is 0 Å². The average Bonchev–Trinajstić information content (AvgIpc) is 3.05. The highest BCUT2D eigenvalue weighted by atomic mass is 79.9. The van der Waals surface area contributed by atoms with Crippen LogP contribution in [0.1, 0.15) is 11.4 Å². The van der Waals surface area contributed by atoms with E-state index in [-0.39, 0.29) is 11.7 Å². The minimum absolute atomic E-state index is 0.160. The molecule has 0 fully saturated rings. The van der Waals surface area contributed by atoms with Crippen molar-refractivity contribution in [2.24, 2.45) is 0 Å². The molecule has 28 heavy (non-hydrogen) atoms. The van der Waals surface area contributed by atoms with Crippen LogP contribution in [0.5, 0.6) is 0 Å². The molecule has 0 unspecified atom stereocenters. The molecule has 3 rings (SSSR count). The highest BCUT2D eigenvalue weighted by Crippen LogP contribution is 2.26. The Morgan fingerprint density at radius 3 is 2.75 bits per heavy atom. The lowest BCUT2D eigenvalue weighted by Crippen LogP contribution is -2.15. The van der Waals surface area contributed by atoms with Crippen LogP contribution in [0.25, 0.3) is 0 Å². The van der Waals surface area contributed by atoms with E-state index in [9.17, 15) is 4.79 Å². The van der Waals surface area contributed by atoms with Gasteiger partial charge in [0.1, 0.15) is 5.82 Å². The Bertz CT molecular complexity index is 978. The largest absolute Gasteiger partial charge is 0.324 e. The van der Waals surface area contributed by atoms with Crippen molar-refractivity contribution < 1.29 is 4.79 Å². The van der Waals surface area contributed by atoms with E-state index in [2.05, 4.69) is 50.2 Å². The standard InChI is InChI=1S/C20H18BrClN4OS/c1-2-10-26-18(11-14-6-4-3-5-7-14)24-25-20(26)28-13-19(27)23-17-9-8-15(21)12-16(17)22/h2-9,12H,1,10-11,13H2,(H,23,27). The molecule has 5 nitrogen and oxygen atoms in total. The van der Waals surface area contributed by atoms with E-state index >= 15 is 0 Å². The molecule has 0 aliphatic rings. The summed E-state index contributed by atoms with van der Waals surface area (Å²) in [5.74, 6) is 0.879. The maximum Gasteiger partial charge on any atom is 0.234 e. The summed E-state index contributed by atoms with van der Waals surface area (Å²) < 4.78 is 2.83. The summed E-state index contributed by atoms with van der Waals surface area (Å²) in [6, 6.07) is 15.4. The third-order valence-electron chi connectivity index (χ3n) is 3.85. The molecule has 144 valence electrons. The van der Waals surface area contributed by atoms with Crippen LogP contribution in [0.4, 0.5) is 5.69 Å². The topological polar surface area (TPSA) is 59.8 Å². The van der Waals surface area contributed by atoms with Crippen molar-refractivity contribution in [3.8, 4) is 0 Å². The van der Waals surface area contributed by atoms with Crippen LogP contribution in [0.2, 0.25) is 5.02 Å². The van der Waals surface area contributed by atoms with Crippen LogP contribution in [-0.2, 0) is 17.8 Å². The Morgan fingerprint density at radius 2 is 2.04 bits per heavy atom. The van der Waals surface area contributed by atoms with E-state index in [1.165, 1.54) is 11.8 Å². The lowest BCUT2D eigenvalue weighted by Gasteiger charge is -2.09. The van der Waals surface area contributed by atoms with Crippen LogP contribution >= 0.6 is 39.3 Å². The van der Waals surface area contributed by atoms with Crippen molar-refractivity contribution in [2.75, 3.05) is 11.1 Å². The summed E-state index contributed by atoms with van der Waals surface area (Å²) in [7, 11) is 0. The molecule has 0 radical (unpaired) electrons. The molecule has 1 amide bonds. The first kappa shape index (κ1) is 20.6. The van der Waals surface area contributed by atoms with Gasteiger partial charge in [-0.1, -0.05) is 75.7 Å². The van der Waals surface area contributed by atoms with Crippen molar-refractivity contribution in [2.45, 2.75) is 18.1 Å². The maximum absolute atomic E-state index is 12.3. The van der Waals surface area contributed by atoms with Gasteiger partial charge >= 0.3 is 0 Å². The van der Waals surface area contributed by atoms with Gasteiger partial charge in [-0.3, -0.25) is 4.79 Å². The summed E-state index contributed by atoms with van der Waals surface area (Å²) >= 11 is 10.8. The molecule has 8 heteroatoms. The van der Waals surface area contributed by atoms with E-state index in [4.69, 9.17) is 11.6 Å². The second-order valence-corrected chi connectivity index (χ2v) is 8.19. The molecule has 0 saturated carbocycles. The van der Waals surface area contributed by atoms with E-state index in [0.717, 1.165) is 15.9 Å². The first-order valence-electron chi connectivity index (χ1n) is 8.51. The molecule has 2 aromatic carbocycles. The van der Waals surface area contributed by atoms with Gasteiger partial charge in [-0.25, -0.2) is 0 Å². The number of carbonyl (C=O) groups is 1. The van der Waals surface area contributed by atoms with E-state index in [0.29, 0.717) is 28.8 Å². The Hall–Kier alpha value is -2.09. The lowest BCUT2D eigenvalue weighted by molar-refractivity contribution is -0.113. The molecular weight excluding hydrogens is 460 g/mol. The molecule has 1 heterocycles. The number of thioether (sulfide) groups is 1. The van der Waals surface area contributed by atoms with Gasteiger partial charge in [-0.15, -0.1) is 16.8 Å². The second-order valence-electron chi connectivity index (χ2n) is 5.92. The number of amides is 1. The molecular formula is C20H18BrClN4OS. The number of allylic oxidation sites excluding steroid dienone is 1. The number of benzene rings is 2. The van der Waals surface area contributed by atoms with Crippen LogP contribution < -0.4 is 5.32 Å². The number of aromatic nitrogens is 3. The summed E-state index contributed by atoms with van der Waals surface area (Å²) in [5, 5.41) is 12.5. The van der Waals surface area contributed by atoms with Crippen molar-refractivity contribution >= 4 is 50.9 Å². The van der Waals surface area contributed by atoms with E-state index in [1.54, 1.807) is 18.2 Å². The fourth-order valence-corrected chi connectivity index (χ4v) is 4.04. The second kappa shape index (κ2) is 9.91. The minimum atomic E-state index is -0.160. The number of nitrogens with one attached hydrogen (secondary N) is 1. The molecule has 3 aromatic rings. The first-order chi connectivity index (χ1) is 13.6. The quantitative estimate of drug-likeness (QED) is 0.358. The van der Waals surface area contributed by atoms with Crippen molar-refractivity contribution in [1.29, 1.82) is 0 Å². The number of nitrogens with zero attached hydrogens (tertiary/aromatic N) is 3. The molecule has 0 aliphatic heterocycles. The number of hydrogen-bond acceptors (Lipinski definition) is 4. The van der Waals surface area contributed by atoms with Gasteiger partial charge in [-0.05, 0) is 23.8 Å². The molecule has 1 N–H and O–H groups in total. The zero-order valence-corrected chi connectivity index (χ0v) is 18.1. The third kappa shape index (κ3) is 5.47. The fraction of sp³-hybridized carbons (Fsp3) is 0.150. The highest BCUT2D eigenvalue weighted by molar-refractivity contribution is 9.10. The summed E-state index contributed by atoms with van der Waals surface area (Å²) in [4.78, 5) is 12.3. The zero-order chi connectivity index (χ0) is 19.9. The van der Waals surface area contributed by atoms with Crippen molar-refractivity contribution in [3.05, 3.63) is 82.1 Å². The summed E-state index contributed by atoms with van der Waals surface area (Å²) in [6.45, 7) is 4.39. The predicted octanol–water partition coefficient (Wildman–Crippen LogP) is 5.20. The lowest BCUT2D eigenvalue weighted by atomic mass is 10.1. The van der Waals surface area contributed by atoms with Crippen LogP contribution in [0.15, 0.2) is 70.8 Å². The summed E-state index contributed by atoms with van der Waals surface area (Å²) in [5.41, 5.74) is 1.73. The smallest absolute Gasteiger partial charge is 0.234 e.